The molecule has 2 fully saturated rings. The van der Waals surface area contributed by atoms with Crippen molar-refractivity contribution >= 4 is 44.3 Å². The second-order valence-corrected chi connectivity index (χ2v) is 9.75. The van der Waals surface area contributed by atoms with Gasteiger partial charge in [0.1, 0.15) is 13.2 Å². The molecule has 0 unspecified atom stereocenters. The van der Waals surface area contributed by atoms with Crippen molar-refractivity contribution in [2.45, 2.75) is 17.5 Å². The summed E-state index contributed by atoms with van der Waals surface area (Å²) in [7, 11) is -3.38. The number of rotatable bonds is 5. The molecule has 2 aliphatic heterocycles. The molecule has 2 atom stereocenters. The minimum absolute atomic E-state index is 0.0538. The Morgan fingerprint density at radius 1 is 1.28 bits per heavy atom. The third-order valence-corrected chi connectivity index (χ3v) is 7.40. The highest BCUT2D eigenvalue weighted by Gasteiger charge is 2.49. The van der Waals surface area contributed by atoms with E-state index in [4.69, 9.17) is 5.11 Å². The number of carboxylic acid groups (broad SMARTS) is 1. The fraction of sp³-hybridized carbons (Fsp3) is 0.438. The summed E-state index contributed by atoms with van der Waals surface area (Å²) < 4.78 is 67.9. The van der Waals surface area contributed by atoms with Crippen molar-refractivity contribution in [2.75, 3.05) is 29.6 Å². The molecule has 8 nitrogen and oxygen atoms in total. The van der Waals surface area contributed by atoms with Crippen LogP contribution in [0.5, 0.6) is 0 Å². The summed E-state index contributed by atoms with van der Waals surface area (Å²) in [5, 5.41) is 8.09. The van der Waals surface area contributed by atoms with Gasteiger partial charge in [-0.3, -0.25) is 4.79 Å². The molecule has 0 saturated carbocycles. The van der Waals surface area contributed by atoms with Gasteiger partial charge in [0.15, 0.2) is 15.0 Å². The third-order valence-electron chi connectivity index (χ3n) is 4.19. The van der Waals surface area contributed by atoms with Crippen molar-refractivity contribution < 1.29 is 41.0 Å². The number of benzene rings is 1. The molecule has 13 heteroatoms. The van der Waals surface area contributed by atoms with Crippen LogP contribution < -0.4 is 4.90 Å². The molecule has 2 aliphatic rings. The Balaban J connectivity index is 1.91. The first-order valence-corrected chi connectivity index (χ1v) is 10.9. The lowest BCUT2D eigenvalue weighted by molar-refractivity contribution is -0.143. The van der Waals surface area contributed by atoms with E-state index < -0.39 is 58.0 Å². The normalized spacial score (nSPS) is 24.7. The van der Waals surface area contributed by atoms with Crippen LogP contribution in [0.1, 0.15) is 5.56 Å². The van der Waals surface area contributed by atoms with Gasteiger partial charge < -0.3 is 14.7 Å². The summed E-state index contributed by atoms with van der Waals surface area (Å²) in [6, 6.07) is 3.66. The van der Waals surface area contributed by atoms with Gasteiger partial charge >= 0.3 is 12.1 Å². The number of hydrogen-bond acceptors (Lipinski definition) is 6. The van der Waals surface area contributed by atoms with Crippen molar-refractivity contribution in [3.8, 4) is 0 Å². The van der Waals surface area contributed by atoms with Gasteiger partial charge in [-0.15, -0.1) is 0 Å². The summed E-state index contributed by atoms with van der Waals surface area (Å²) in [5.41, 5.74) is -0.852. The Hall–Kier alpha value is -2.12. The highest BCUT2D eigenvalue weighted by Crippen LogP contribution is 2.42. The fourth-order valence-corrected chi connectivity index (χ4v) is 6.99. The van der Waals surface area contributed by atoms with Crippen molar-refractivity contribution in [1.82, 2.24) is 0 Å². The van der Waals surface area contributed by atoms with E-state index in [1.54, 1.807) is 0 Å². The van der Waals surface area contributed by atoms with Crippen molar-refractivity contribution in [3.63, 3.8) is 0 Å². The zero-order valence-electron chi connectivity index (χ0n) is 14.6. The fourth-order valence-electron chi connectivity index (χ4n) is 3.06. The number of aliphatic carboxylic acids is 1. The molecule has 0 radical (unpaired) electrons. The number of anilines is 1. The maximum Gasteiger partial charge on any atom is 0.416 e. The van der Waals surface area contributed by atoms with Gasteiger partial charge in [0, 0.05) is 10.9 Å². The van der Waals surface area contributed by atoms with Gasteiger partial charge in [0.25, 0.3) is 5.91 Å². The molecule has 0 aromatic heterocycles. The molecule has 1 amide bonds. The molecule has 3 rings (SSSR count). The van der Waals surface area contributed by atoms with Crippen LogP contribution in [0.4, 0.5) is 18.9 Å². The summed E-state index contributed by atoms with van der Waals surface area (Å²) in [5.74, 6) is -2.55. The van der Waals surface area contributed by atoms with Crippen LogP contribution in [0.2, 0.25) is 0 Å². The second kappa shape index (κ2) is 7.95. The topological polar surface area (TPSA) is 113 Å². The first-order valence-electron chi connectivity index (χ1n) is 8.21. The van der Waals surface area contributed by atoms with Crippen molar-refractivity contribution in [3.05, 3.63) is 29.8 Å². The van der Waals surface area contributed by atoms with Crippen LogP contribution in [0.25, 0.3) is 0 Å². The van der Waals surface area contributed by atoms with Gasteiger partial charge in [-0.1, -0.05) is 17.8 Å². The molecule has 2 saturated heterocycles. The first-order chi connectivity index (χ1) is 13.5. The average molecular weight is 452 g/mol. The standard InChI is InChI=1S/C16H15F3N2O6S2/c17-16(18,19)9-2-1-3-10(4-9)21-11-7-29(25,26)8-12(11)28-15(21)20-13(22)5-27-6-14(23)24/h1-4,11-12H,5-8H2,(H,23,24)/t11-,12+/m0/s1. The van der Waals surface area contributed by atoms with Crippen molar-refractivity contribution in [1.29, 1.82) is 0 Å². The lowest BCUT2D eigenvalue weighted by Gasteiger charge is -2.25. The molecule has 158 valence electrons. The SMILES string of the molecule is O=C(O)COCC(=O)N=C1S[C@@H]2CS(=O)(=O)C[C@@H]2N1c1cccc(C(F)(F)F)c1. The number of thioether (sulfide) groups is 1. The number of halogens is 3. The van der Waals surface area contributed by atoms with Crippen LogP contribution >= 0.6 is 11.8 Å². The lowest BCUT2D eigenvalue weighted by Crippen LogP contribution is -2.38. The first kappa shape index (κ1) is 21.6. The van der Waals surface area contributed by atoms with E-state index in [0.29, 0.717) is 0 Å². The van der Waals surface area contributed by atoms with Gasteiger partial charge in [0.2, 0.25) is 0 Å². The van der Waals surface area contributed by atoms with E-state index in [1.165, 1.54) is 17.0 Å². The maximum atomic E-state index is 13.1. The quantitative estimate of drug-likeness (QED) is 0.714. The van der Waals surface area contributed by atoms with Gasteiger partial charge in [0.05, 0.1) is 23.1 Å². The van der Waals surface area contributed by atoms with Gasteiger partial charge in [-0.25, -0.2) is 13.2 Å². The number of alkyl halides is 3. The monoisotopic (exact) mass is 452 g/mol. The van der Waals surface area contributed by atoms with Gasteiger partial charge in [-0.05, 0) is 18.2 Å². The summed E-state index contributed by atoms with van der Waals surface area (Å²) >= 11 is 0.991. The largest absolute Gasteiger partial charge is 0.480 e. The van der Waals surface area contributed by atoms with Crippen LogP contribution in [0.15, 0.2) is 29.3 Å². The summed E-state index contributed by atoms with van der Waals surface area (Å²) in [6.45, 7) is -1.33. The average Bonchev–Trinajstić information content (AvgIpc) is 3.04. The van der Waals surface area contributed by atoms with Crippen molar-refractivity contribution in [2.24, 2.45) is 4.99 Å². The molecule has 1 aromatic carbocycles. The summed E-state index contributed by atoms with van der Waals surface area (Å²) in [6.07, 6.45) is -4.60. The molecule has 0 bridgehead atoms. The van der Waals surface area contributed by atoms with E-state index >= 15 is 0 Å². The van der Waals surface area contributed by atoms with Gasteiger partial charge in [-0.2, -0.15) is 18.2 Å². The van der Waals surface area contributed by atoms with Crippen LogP contribution in [-0.2, 0) is 30.3 Å². The van der Waals surface area contributed by atoms with Crippen LogP contribution in [0, 0.1) is 0 Å². The smallest absolute Gasteiger partial charge is 0.416 e. The number of nitrogens with zero attached hydrogens (tertiary/aromatic N) is 2. The number of fused-ring (bicyclic) bond motifs is 1. The van der Waals surface area contributed by atoms with E-state index in [0.717, 1.165) is 23.9 Å². The highest BCUT2D eigenvalue weighted by molar-refractivity contribution is 8.16. The van der Waals surface area contributed by atoms with Crippen LogP contribution in [-0.4, -0.2) is 66.6 Å². The van der Waals surface area contributed by atoms with E-state index in [-0.39, 0.29) is 22.4 Å². The Labute approximate surface area is 167 Å². The number of ether oxygens (including phenoxy) is 1. The number of sulfone groups is 1. The molecule has 0 spiro atoms. The summed E-state index contributed by atoms with van der Waals surface area (Å²) in [4.78, 5) is 27.6. The minimum atomic E-state index is -4.60. The lowest BCUT2D eigenvalue weighted by atomic mass is 10.1. The number of amides is 1. The van der Waals surface area contributed by atoms with E-state index in [9.17, 15) is 31.2 Å². The number of amidine groups is 1. The Bertz CT molecular complexity index is 964. The van der Waals surface area contributed by atoms with E-state index in [2.05, 4.69) is 9.73 Å². The Kier molecular flexibility index (Phi) is 5.92. The molecule has 1 aromatic rings. The Morgan fingerprint density at radius 3 is 2.66 bits per heavy atom. The molecular formula is C16H15F3N2O6S2. The molecule has 29 heavy (non-hydrogen) atoms. The molecular weight excluding hydrogens is 437 g/mol. The zero-order valence-corrected chi connectivity index (χ0v) is 16.3. The molecule has 1 N–H and O–H groups in total. The minimum Gasteiger partial charge on any atom is -0.480 e. The number of carboxylic acids is 1. The highest BCUT2D eigenvalue weighted by atomic mass is 32.2. The number of hydrogen-bond donors (Lipinski definition) is 1. The maximum absolute atomic E-state index is 13.1. The number of carbonyl (C=O) groups is 2. The van der Waals surface area contributed by atoms with E-state index in [1.807, 2.05) is 0 Å². The third kappa shape index (κ3) is 5.08. The Morgan fingerprint density at radius 2 is 2.00 bits per heavy atom. The molecule has 0 aliphatic carbocycles. The second-order valence-electron chi connectivity index (χ2n) is 6.39. The van der Waals surface area contributed by atoms with Crippen LogP contribution in [0.3, 0.4) is 0 Å². The molecule has 2 heterocycles. The number of carbonyl (C=O) groups excluding carboxylic acids is 1. The number of aliphatic imine (C=N–C) groups is 1. The predicted octanol–water partition coefficient (Wildman–Crippen LogP) is 1.41. The predicted molar refractivity (Wildman–Crippen MR) is 98.6 cm³/mol. The zero-order chi connectivity index (χ0) is 21.4.